The summed E-state index contributed by atoms with van der Waals surface area (Å²) in [6.07, 6.45) is 5.56. The van der Waals surface area contributed by atoms with Crippen LogP contribution in [-0.4, -0.2) is 27.8 Å². The van der Waals surface area contributed by atoms with Crippen molar-refractivity contribution in [2.45, 2.75) is 57.8 Å². The molecule has 0 radical (unpaired) electrons. The monoisotopic (exact) mass is 251 g/mol. The smallest absolute Gasteiger partial charge is 0.319 e. The average molecular weight is 251 g/mol. The third-order valence-corrected chi connectivity index (χ3v) is 3.57. The van der Waals surface area contributed by atoms with Gasteiger partial charge in [0.05, 0.1) is 6.61 Å². The summed E-state index contributed by atoms with van der Waals surface area (Å²) < 4.78 is 5.22. The van der Waals surface area contributed by atoms with E-state index in [1.807, 2.05) is 6.92 Å². The molecule has 18 heavy (non-hydrogen) atoms. The normalized spacial score (nSPS) is 17.9. The Bertz CT molecular complexity index is 408. The molecule has 0 atom stereocenters. The van der Waals surface area contributed by atoms with Gasteiger partial charge < -0.3 is 4.74 Å². The molecule has 1 heterocycles. The number of nitrogens with zero attached hydrogens (tertiary/aromatic N) is 2. The molecule has 2 rings (SSSR count). The van der Waals surface area contributed by atoms with Crippen molar-refractivity contribution in [2.75, 3.05) is 6.61 Å². The van der Waals surface area contributed by atoms with Crippen LogP contribution in [0.25, 0.3) is 0 Å². The number of carbonyl (C=O) groups excluding carboxylic acids is 1. The van der Waals surface area contributed by atoms with Crippen molar-refractivity contribution in [1.29, 1.82) is 0 Å². The van der Waals surface area contributed by atoms with E-state index in [1.54, 1.807) is 0 Å². The quantitative estimate of drug-likeness (QED) is 0.814. The van der Waals surface area contributed by atoms with E-state index in [0.717, 1.165) is 44.3 Å². The standard InChI is InChI=1S/C13H21N3O2/c1-3-7-10-14-11(16-15-10)13(8-5-6-9-13)12(17)18-4-2/h3-9H2,1-2H3,(H,14,15,16). The van der Waals surface area contributed by atoms with Gasteiger partial charge in [0.1, 0.15) is 11.2 Å². The summed E-state index contributed by atoms with van der Waals surface area (Å²) in [7, 11) is 0. The number of carbonyl (C=O) groups is 1. The molecule has 1 saturated carbocycles. The largest absolute Gasteiger partial charge is 0.465 e. The molecule has 0 spiro atoms. The summed E-state index contributed by atoms with van der Waals surface area (Å²) in [5, 5.41) is 7.19. The Morgan fingerprint density at radius 3 is 2.72 bits per heavy atom. The van der Waals surface area contributed by atoms with Crippen LogP contribution in [0.3, 0.4) is 0 Å². The predicted octanol–water partition coefficient (Wildman–Crippen LogP) is 2.13. The molecule has 0 amide bonds. The van der Waals surface area contributed by atoms with Gasteiger partial charge in [0.15, 0.2) is 5.82 Å². The van der Waals surface area contributed by atoms with Gasteiger partial charge in [-0.25, -0.2) is 4.98 Å². The van der Waals surface area contributed by atoms with Gasteiger partial charge in [-0.1, -0.05) is 19.8 Å². The van der Waals surface area contributed by atoms with Gasteiger partial charge in [0.25, 0.3) is 0 Å². The highest BCUT2D eigenvalue weighted by Crippen LogP contribution is 2.40. The van der Waals surface area contributed by atoms with Gasteiger partial charge in [0, 0.05) is 6.42 Å². The van der Waals surface area contributed by atoms with Gasteiger partial charge in [-0.05, 0) is 26.2 Å². The van der Waals surface area contributed by atoms with Crippen LogP contribution in [0.1, 0.15) is 57.6 Å². The molecular formula is C13H21N3O2. The van der Waals surface area contributed by atoms with Crippen molar-refractivity contribution in [3.05, 3.63) is 11.6 Å². The van der Waals surface area contributed by atoms with E-state index < -0.39 is 5.41 Å². The first kappa shape index (κ1) is 13.1. The Labute approximate surface area is 107 Å². The van der Waals surface area contributed by atoms with E-state index in [9.17, 15) is 4.79 Å². The lowest BCUT2D eigenvalue weighted by Crippen LogP contribution is -2.36. The number of hydrogen-bond donors (Lipinski definition) is 1. The maximum absolute atomic E-state index is 12.2. The molecular weight excluding hydrogens is 230 g/mol. The second-order valence-corrected chi connectivity index (χ2v) is 4.87. The van der Waals surface area contributed by atoms with Crippen LogP contribution in [-0.2, 0) is 21.4 Å². The second-order valence-electron chi connectivity index (χ2n) is 4.87. The Balaban J connectivity index is 2.25. The summed E-state index contributed by atoms with van der Waals surface area (Å²) in [6, 6.07) is 0. The third-order valence-electron chi connectivity index (χ3n) is 3.57. The molecule has 0 saturated heterocycles. The number of nitrogens with one attached hydrogen (secondary N) is 1. The predicted molar refractivity (Wildman–Crippen MR) is 67.2 cm³/mol. The first-order chi connectivity index (χ1) is 8.73. The third kappa shape index (κ3) is 2.26. The van der Waals surface area contributed by atoms with Gasteiger partial charge in [0.2, 0.25) is 0 Å². The summed E-state index contributed by atoms with van der Waals surface area (Å²) in [5.74, 6) is 1.33. The van der Waals surface area contributed by atoms with Crippen molar-refractivity contribution in [3.8, 4) is 0 Å². The Morgan fingerprint density at radius 2 is 2.11 bits per heavy atom. The minimum Gasteiger partial charge on any atom is -0.465 e. The van der Waals surface area contributed by atoms with E-state index in [4.69, 9.17) is 4.74 Å². The van der Waals surface area contributed by atoms with Crippen molar-refractivity contribution in [3.63, 3.8) is 0 Å². The summed E-state index contributed by atoms with van der Waals surface area (Å²) in [5.41, 5.74) is -0.599. The van der Waals surface area contributed by atoms with Crippen molar-refractivity contribution in [1.82, 2.24) is 15.2 Å². The zero-order valence-corrected chi connectivity index (χ0v) is 11.2. The fourth-order valence-corrected chi connectivity index (χ4v) is 2.62. The number of rotatable bonds is 5. The van der Waals surface area contributed by atoms with Gasteiger partial charge >= 0.3 is 5.97 Å². The zero-order valence-electron chi connectivity index (χ0n) is 11.2. The molecule has 0 aromatic carbocycles. The Hall–Kier alpha value is -1.39. The summed E-state index contributed by atoms with van der Waals surface area (Å²) >= 11 is 0. The first-order valence-corrected chi connectivity index (χ1v) is 6.82. The molecule has 5 nitrogen and oxygen atoms in total. The number of esters is 1. The number of ether oxygens (including phenoxy) is 1. The molecule has 1 aromatic heterocycles. The highest BCUT2D eigenvalue weighted by molar-refractivity contribution is 5.82. The van der Waals surface area contributed by atoms with E-state index >= 15 is 0 Å². The van der Waals surface area contributed by atoms with Crippen molar-refractivity contribution in [2.24, 2.45) is 0 Å². The lowest BCUT2D eigenvalue weighted by molar-refractivity contribution is -0.150. The maximum Gasteiger partial charge on any atom is 0.319 e. The molecule has 1 aliphatic carbocycles. The SMILES string of the molecule is CCCc1nc(C2(C(=O)OCC)CCCC2)n[nH]1. The average Bonchev–Trinajstić information content (AvgIpc) is 2.98. The van der Waals surface area contributed by atoms with Crippen LogP contribution >= 0.6 is 0 Å². The highest BCUT2D eigenvalue weighted by atomic mass is 16.5. The Kier molecular flexibility index (Phi) is 3.99. The number of hydrogen-bond acceptors (Lipinski definition) is 4. The van der Waals surface area contributed by atoms with E-state index in [2.05, 4.69) is 22.1 Å². The molecule has 5 heteroatoms. The van der Waals surface area contributed by atoms with Crippen molar-refractivity contribution >= 4 is 5.97 Å². The van der Waals surface area contributed by atoms with Gasteiger partial charge in [-0.15, -0.1) is 0 Å². The van der Waals surface area contributed by atoms with Gasteiger partial charge in [-0.3, -0.25) is 9.89 Å². The van der Waals surface area contributed by atoms with Crippen LogP contribution in [0.4, 0.5) is 0 Å². The van der Waals surface area contributed by atoms with Crippen LogP contribution in [0.15, 0.2) is 0 Å². The van der Waals surface area contributed by atoms with E-state index in [1.165, 1.54) is 0 Å². The van der Waals surface area contributed by atoms with Crippen LogP contribution < -0.4 is 0 Å². The minimum atomic E-state index is -0.599. The van der Waals surface area contributed by atoms with Crippen molar-refractivity contribution < 1.29 is 9.53 Å². The lowest BCUT2D eigenvalue weighted by atomic mass is 9.85. The molecule has 100 valence electrons. The molecule has 0 aliphatic heterocycles. The van der Waals surface area contributed by atoms with Crippen LogP contribution in [0.2, 0.25) is 0 Å². The zero-order chi connectivity index (χ0) is 13.0. The molecule has 1 N–H and O–H groups in total. The second kappa shape index (κ2) is 5.50. The highest BCUT2D eigenvalue weighted by Gasteiger charge is 2.47. The summed E-state index contributed by atoms with van der Waals surface area (Å²) in [4.78, 5) is 16.7. The fraction of sp³-hybridized carbons (Fsp3) is 0.769. The lowest BCUT2D eigenvalue weighted by Gasteiger charge is -2.22. The first-order valence-electron chi connectivity index (χ1n) is 6.82. The number of aryl methyl sites for hydroxylation is 1. The topological polar surface area (TPSA) is 67.9 Å². The number of H-pyrrole nitrogens is 1. The molecule has 1 aromatic rings. The van der Waals surface area contributed by atoms with E-state index in [-0.39, 0.29) is 5.97 Å². The number of aromatic nitrogens is 3. The molecule has 1 aliphatic rings. The fourth-order valence-electron chi connectivity index (χ4n) is 2.62. The van der Waals surface area contributed by atoms with Crippen LogP contribution in [0.5, 0.6) is 0 Å². The molecule has 0 bridgehead atoms. The van der Waals surface area contributed by atoms with Crippen LogP contribution in [0, 0.1) is 0 Å². The van der Waals surface area contributed by atoms with Gasteiger partial charge in [-0.2, -0.15) is 5.10 Å². The molecule has 0 unspecified atom stereocenters. The summed E-state index contributed by atoms with van der Waals surface area (Å²) in [6.45, 7) is 4.34. The minimum absolute atomic E-state index is 0.162. The number of aromatic amines is 1. The Morgan fingerprint density at radius 1 is 1.39 bits per heavy atom. The maximum atomic E-state index is 12.2. The molecule has 1 fully saturated rings. The van der Waals surface area contributed by atoms with E-state index in [0.29, 0.717) is 12.4 Å².